The summed E-state index contributed by atoms with van der Waals surface area (Å²) in [7, 11) is 1.69. The zero-order valence-corrected chi connectivity index (χ0v) is 23.2. The Morgan fingerprint density at radius 1 is 1.03 bits per heavy atom. The van der Waals surface area contributed by atoms with Gasteiger partial charge in [-0.3, -0.25) is 4.90 Å². The van der Waals surface area contributed by atoms with E-state index in [1.807, 2.05) is 36.4 Å². The second-order valence-corrected chi connectivity index (χ2v) is 10.3. The first-order chi connectivity index (χ1) is 18.2. The Balaban J connectivity index is 0.000000436. The number of anilines is 2. The van der Waals surface area contributed by atoms with E-state index < -0.39 is 11.9 Å². The molecular weight excluding hydrogens is 551 g/mol. The Hall–Kier alpha value is -3.05. The number of aliphatic carboxylic acids is 2. The molecule has 1 fully saturated rings. The molecule has 2 heterocycles. The number of rotatable bonds is 10. The summed E-state index contributed by atoms with van der Waals surface area (Å²) in [6.07, 6.45) is 3.43. The van der Waals surface area contributed by atoms with Crippen LogP contribution in [0.2, 0.25) is 10.0 Å². The second kappa shape index (κ2) is 14.8. The van der Waals surface area contributed by atoms with Crippen LogP contribution in [0.25, 0.3) is 10.2 Å². The summed E-state index contributed by atoms with van der Waals surface area (Å²) in [6.45, 7) is 6.27. The number of unbranched alkanes of at least 4 members (excludes halogenated alkanes) is 1. The van der Waals surface area contributed by atoms with E-state index in [0.29, 0.717) is 22.2 Å². The van der Waals surface area contributed by atoms with Crippen LogP contribution in [0, 0.1) is 0 Å². The van der Waals surface area contributed by atoms with E-state index in [2.05, 4.69) is 20.1 Å². The van der Waals surface area contributed by atoms with Gasteiger partial charge in [-0.2, -0.15) is 0 Å². The minimum atomic E-state index is -1.26. The number of ether oxygens (including phenoxy) is 1. The second-order valence-electron chi connectivity index (χ2n) is 8.42. The molecule has 3 N–H and O–H groups in total. The van der Waals surface area contributed by atoms with Crippen molar-refractivity contribution in [1.29, 1.82) is 0 Å². The average molecular weight is 582 g/mol. The van der Waals surface area contributed by atoms with Crippen LogP contribution in [0.3, 0.4) is 0 Å². The van der Waals surface area contributed by atoms with E-state index in [4.69, 9.17) is 38.2 Å². The van der Waals surface area contributed by atoms with Crippen molar-refractivity contribution in [2.75, 3.05) is 56.6 Å². The van der Waals surface area contributed by atoms with Crippen LogP contribution < -0.4 is 15.0 Å². The molecule has 38 heavy (non-hydrogen) atoms. The Labute approximate surface area is 235 Å². The predicted molar refractivity (Wildman–Crippen MR) is 153 cm³/mol. The number of aromatic nitrogens is 1. The number of halogens is 2. The van der Waals surface area contributed by atoms with Crippen LogP contribution in [0.5, 0.6) is 5.75 Å². The van der Waals surface area contributed by atoms with Gasteiger partial charge in [0, 0.05) is 50.6 Å². The number of thiazole rings is 1. The summed E-state index contributed by atoms with van der Waals surface area (Å²) >= 11 is 13.9. The van der Waals surface area contributed by atoms with Gasteiger partial charge in [-0.25, -0.2) is 14.6 Å². The number of carboxylic acids is 2. The topological polar surface area (TPSA) is 115 Å². The average Bonchev–Trinajstić information content (AvgIpc) is 3.31. The van der Waals surface area contributed by atoms with Crippen molar-refractivity contribution in [2.45, 2.75) is 12.8 Å². The van der Waals surface area contributed by atoms with Gasteiger partial charge in [0.1, 0.15) is 5.75 Å². The van der Waals surface area contributed by atoms with Crippen LogP contribution in [0.4, 0.5) is 10.8 Å². The third kappa shape index (κ3) is 9.36. The van der Waals surface area contributed by atoms with Crippen molar-refractivity contribution in [3.05, 3.63) is 58.6 Å². The zero-order chi connectivity index (χ0) is 27.5. The normalized spacial score (nSPS) is 13.8. The third-order valence-corrected chi connectivity index (χ3v) is 7.50. The van der Waals surface area contributed by atoms with Gasteiger partial charge >= 0.3 is 11.9 Å². The van der Waals surface area contributed by atoms with Crippen LogP contribution in [-0.4, -0.2) is 78.4 Å². The molecule has 0 spiro atoms. The maximum atomic E-state index is 9.55. The van der Waals surface area contributed by atoms with Crippen molar-refractivity contribution in [2.24, 2.45) is 0 Å². The number of nitrogens with one attached hydrogen (secondary N) is 1. The molecule has 0 unspecified atom stereocenters. The summed E-state index contributed by atoms with van der Waals surface area (Å²) in [4.78, 5) is 28.7. The van der Waals surface area contributed by atoms with Crippen LogP contribution in [0.1, 0.15) is 12.8 Å². The fourth-order valence-electron chi connectivity index (χ4n) is 3.82. The van der Waals surface area contributed by atoms with Gasteiger partial charge in [0.25, 0.3) is 0 Å². The molecule has 2 aromatic carbocycles. The molecule has 9 nitrogen and oxygen atoms in total. The number of carboxylic acid groups (broad SMARTS) is 2. The van der Waals surface area contributed by atoms with Gasteiger partial charge < -0.3 is 25.2 Å². The summed E-state index contributed by atoms with van der Waals surface area (Å²) < 4.78 is 6.43. The molecule has 1 aromatic heterocycles. The Morgan fingerprint density at radius 2 is 1.74 bits per heavy atom. The highest BCUT2D eigenvalue weighted by atomic mass is 35.5. The van der Waals surface area contributed by atoms with E-state index >= 15 is 0 Å². The minimum absolute atomic E-state index is 0.558. The van der Waals surface area contributed by atoms with Gasteiger partial charge in [0.05, 0.1) is 27.4 Å². The molecule has 1 aliphatic rings. The standard InChI is InChI=1S/C22H26Cl2N4OS.C4H4O4/c1-29-17-5-7-20-21(15-17)30-22(26-20)25-8-2-3-9-27-10-12-28(13-11-27)16-4-6-18(23)19(24)14-16;5-3(6)1-2-4(7)8/h4-7,14-15H,2-3,8-13H2,1H3,(H,25,26);1-2H,(H,5,6)(H,7,8)/b;2-1+. The van der Waals surface area contributed by atoms with Crippen molar-refractivity contribution in [3.8, 4) is 5.75 Å². The molecule has 0 radical (unpaired) electrons. The number of hydrogen-bond acceptors (Lipinski definition) is 8. The Kier molecular flexibility index (Phi) is 11.5. The number of benzene rings is 2. The fourth-order valence-corrected chi connectivity index (χ4v) is 5.03. The highest BCUT2D eigenvalue weighted by Crippen LogP contribution is 2.29. The van der Waals surface area contributed by atoms with Gasteiger partial charge in [0.2, 0.25) is 0 Å². The smallest absolute Gasteiger partial charge is 0.328 e. The van der Waals surface area contributed by atoms with E-state index in [-0.39, 0.29) is 0 Å². The zero-order valence-electron chi connectivity index (χ0n) is 20.9. The molecule has 1 saturated heterocycles. The molecule has 3 aromatic rings. The Bertz CT molecular complexity index is 1250. The summed E-state index contributed by atoms with van der Waals surface area (Å²) in [5.74, 6) is -1.64. The lowest BCUT2D eigenvalue weighted by Gasteiger charge is -2.36. The van der Waals surface area contributed by atoms with Crippen molar-refractivity contribution >= 4 is 67.5 Å². The first-order valence-electron chi connectivity index (χ1n) is 12.0. The van der Waals surface area contributed by atoms with E-state index in [0.717, 1.165) is 72.5 Å². The number of fused-ring (bicyclic) bond motifs is 1. The molecule has 0 amide bonds. The van der Waals surface area contributed by atoms with Gasteiger partial charge in [-0.15, -0.1) is 0 Å². The third-order valence-electron chi connectivity index (χ3n) is 5.78. The van der Waals surface area contributed by atoms with Crippen molar-refractivity contribution in [1.82, 2.24) is 9.88 Å². The van der Waals surface area contributed by atoms with Crippen LogP contribution >= 0.6 is 34.5 Å². The predicted octanol–water partition coefficient (Wildman–Crippen LogP) is 5.34. The van der Waals surface area contributed by atoms with Crippen LogP contribution in [-0.2, 0) is 9.59 Å². The molecule has 0 aliphatic carbocycles. The number of methoxy groups -OCH3 is 1. The number of hydrogen-bond donors (Lipinski definition) is 3. The molecule has 4 rings (SSSR count). The molecule has 1 aliphatic heterocycles. The number of piperazine rings is 1. The lowest BCUT2D eigenvalue weighted by atomic mass is 10.2. The molecule has 0 bridgehead atoms. The minimum Gasteiger partial charge on any atom is -0.497 e. The van der Waals surface area contributed by atoms with Crippen molar-refractivity contribution < 1.29 is 24.5 Å². The van der Waals surface area contributed by atoms with E-state index in [1.165, 1.54) is 6.42 Å². The van der Waals surface area contributed by atoms with Crippen LogP contribution in [0.15, 0.2) is 48.6 Å². The first-order valence-corrected chi connectivity index (χ1v) is 13.6. The maximum absolute atomic E-state index is 9.55. The molecule has 12 heteroatoms. The fraction of sp³-hybridized carbons (Fsp3) is 0.346. The summed E-state index contributed by atoms with van der Waals surface area (Å²) in [5.41, 5.74) is 2.17. The first kappa shape index (κ1) is 29.5. The Morgan fingerprint density at radius 3 is 2.37 bits per heavy atom. The van der Waals surface area contributed by atoms with E-state index in [1.54, 1.807) is 18.4 Å². The molecule has 0 atom stereocenters. The number of nitrogens with zero attached hydrogens (tertiary/aromatic N) is 3. The summed E-state index contributed by atoms with van der Waals surface area (Å²) in [5, 5.41) is 21.3. The molecule has 204 valence electrons. The molecule has 0 saturated carbocycles. The summed E-state index contributed by atoms with van der Waals surface area (Å²) in [6, 6.07) is 11.9. The molecular formula is C26H30Cl2N4O5S. The van der Waals surface area contributed by atoms with Gasteiger partial charge in [-0.05, 0) is 55.8 Å². The lowest BCUT2D eigenvalue weighted by molar-refractivity contribution is -0.134. The monoisotopic (exact) mass is 580 g/mol. The maximum Gasteiger partial charge on any atom is 0.328 e. The van der Waals surface area contributed by atoms with Crippen molar-refractivity contribution in [3.63, 3.8) is 0 Å². The quantitative estimate of drug-likeness (QED) is 0.216. The highest BCUT2D eigenvalue weighted by molar-refractivity contribution is 7.22. The van der Waals surface area contributed by atoms with Gasteiger partial charge in [-0.1, -0.05) is 34.5 Å². The lowest BCUT2D eigenvalue weighted by Crippen LogP contribution is -2.46. The van der Waals surface area contributed by atoms with E-state index in [9.17, 15) is 9.59 Å². The highest BCUT2D eigenvalue weighted by Gasteiger charge is 2.17. The van der Waals surface area contributed by atoms with Gasteiger partial charge in [0.15, 0.2) is 5.13 Å². The number of carbonyl (C=O) groups is 2. The largest absolute Gasteiger partial charge is 0.497 e. The SMILES string of the molecule is COc1ccc2nc(NCCCCN3CCN(c4ccc(Cl)c(Cl)c4)CC3)sc2c1.O=C(O)/C=C/C(=O)O.